The summed E-state index contributed by atoms with van der Waals surface area (Å²) in [6.07, 6.45) is 3.86. The third-order valence-corrected chi connectivity index (χ3v) is 6.14. The molecule has 1 saturated carbocycles. The lowest BCUT2D eigenvalue weighted by Crippen LogP contribution is -2.52. The first-order chi connectivity index (χ1) is 10.2. The monoisotopic (exact) mass is 300 g/mol. The number of phenolic OH excluding ortho intramolecular Hbond substituents is 1. The minimum absolute atomic E-state index is 0.0671. The van der Waals surface area contributed by atoms with Gasteiger partial charge in [-0.3, -0.25) is 4.79 Å². The standard InChI is InChI=1S/C20H28O2/c1-12(2)17-13-11-16(22)18-19(3,4)9-6-10-20(18,5)14(13)7-8-15(17)21/h7-8,12,18,21H,6,9-11H2,1-5H3/t18-,20+/m0/s1. The molecule has 0 unspecified atom stereocenters. The molecule has 0 aliphatic heterocycles. The number of hydrogen-bond donors (Lipinski definition) is 1. The fourth-order valence-corrected chi connectivity index (χ4v) is 5.44. The zero-order chi connectivity index (χ0) is 16.3. The van der Waals surface area contributed by atoms with E-state index in [1.54, 1.807) is 0 Å². The van der Waals surface area contributed by atoms with Crippen LogP contribution in [0, 0.1) is 11.3 Å². The third kappa shape index (κ3) is 2.03. The van der Waals surface area contributed by atoms with Gasteiger partial charge >= 0.3 is 0 Å². The molecular formula is C20H28O2. The van der Waals surface area contributed by atoms with Gasteiger partial charge in [0.1, 0.15) is 11.5 Å². The zero-order valence-corrected chi connectivity index (χ0v) is 14.5. The van der Waals surface area contributed by atoms with E-state index in [9.17, 15) is 9.90 Å². The largest absolute Gasteiger partial charge is 0.508 e. The highest BCUT2D eigenvalue weighted by Gasteiger charge is 2.54. The van der Waals surface area contributed by atoms with E-state index in [0.717, 1.165) is 24.0 Å². The molecule has 0 spiro atoms. The Morgan fingerprint density at radius 1 is 1.18 bits per heavy atom. The Morgan fingerprint density at radius 2 is 1.86 bits per heavy atom. The second-order valence-corrected chi connectivity index (χ2v) is 8.51. The van der Waals surface area contributed by atoms with Crippen LogP contribution >= 0.6 is 0 Å². The molecule has 1 fully saturated rings. The Labute approximate surface area is 133 Å². The SMILES string of the molecule is CC(C)c1c(O)ccc2c1CC(=O)[C@H]1C(C)(C)CCC[C@]21C. The number of fused-ring (bicyclic) bond motifs is 3. The quantitative estimate of drug-likeness (QED) is 0.814. The zero-order valence-electron chi connectivity index (χ0n) is 14.5. The van der Waals surface area contributed by atoms with Gasteiger partial charge in [-0.25, -0.2) is 0 Å². The topological polar surface area (TPSA) is 37.3 Å². The molecule has 0 amide bonds. The summed E-state index contributed by atoms with van der Waals surface area (Å²) in [4.78, 5) is 13.0. The molecular weight excluding hydrogens is 272 g/mol. The molecule has 22 heavy (non-hydrogen) atoms. The molecule has 0 saturated heterocycles. The Kier molecular flexibility index (Phi) is 3.43. The van der Waals surface area contributed by atoms with Gasteiger partial charge in [-0.2, -0.15) is 0 Å². The Morgan fingerprint density at radius 3 is 2.50 bits per heavy atom. The second-order valence-electron chi connectivity index (χ2n) is 8.51. The van der Waals surface area contributed by atoms with Crippen molar-refractivity contribution in [2.24, 2.45) is 11.3 Å². The number of benzene rings is 1. The van der Waals surface area contributed by atoms with Crippen LogP contribution in [0.2, 0.25) is 0 Å². The Bertz CT molecular complexity index is 627. The van der Waals surface area contributed by atoms with E-state index in [-0.39, 0.29) is 22.7 Å². The average Bonchev–Trinajstić information content (AvgIpc) is 2.35. The van der Waals surface area contributed by atoms with Crippen LogP contribution in [0.4, 0.5) is 0 Å². The van der Waals surface area contributed by atoms with E-state index in [1.165, 1.54) is 12.0 Å². The van der Waals surface area contributed by atoms with Crippen LogP contribution in [-0.4, -0.2) is 10.9 Å². The number of phenols is 1. The molecule has 2 heteroatoms. The van der Waals surface area contributed by atoms with Gasteiger partial charge in [0, 0.05) is 23.3 Å². The number of Topliss-reactive ketones (excluding diaryl/α,β-unsaturated/α-hetero) is 1. The average molecular weight is 300 g/mol. The van der Waals surface area contributed by atoms with E-state index in [0.29, 0.717) is 18.0 Å². The fourth-order valence-electron chi connectivity index (χ4n) is 5.44. The maximum Gasteiger partial charge on any atom is 0.141 e. The minimum Gasteiger partial charge on any atom is -0.508 e. The van der Waals surface area contributed by atoms with Gasteiger partial charge in [-0.1, -0.05) is 47.1 Å². The van der Waals surface area contributed by atoms with Gasteiger partial charge in [0.05, 0.1) is 0 Å². The molecule has 0 bridgehead atoms. The van der Waals surface area contributed by atoms with Crippen molar-refractivity contribution in [3.05, 3.63) is 28.8 Å². The lowest BCUT2D eigenvalue weighted by molar-refractivity contribution is -0.132. The van der Waals surface area contributed by atoms with Crippen LogP contribution in [0.3, 0.4) is 0 Å². The van der Waals surface area contributed by atoms with Crippen molar-refractivity contribution in [2.75, 3.05) is 0 Å². The summed E-state index contributed by atoms with van der Waals surface area (Å²) in [5.41, 5.74) is 3.39. The van der Waals surface area contributed by atoms with Crippen LogP contribution in [0.15, 0.2) is 12.1 Å². The maximum absolute atomic E-state index is 13.0. The summed E-state index contributed by atoms with van der Waals surface area (Å²) in [6.45, 7) is 11.0. The number of rotatable bonds is 1. The summed E-state index contributed by atoms with van der Waals surface area (Å²) in [5, 5.41) is 10.3. The maximum atomic E-state index is 13.0. The molecule has 0 heterocycles. The van der Waals surface area contributed by atoms with Crippen molar-refractivity contribution in [1.82, 2.24) is 0 Å². The van der Waals surface area contributed by atoms with Gasteiger partial charge in [-0.15, -0.1) is 0 Å². The highest BCUT2D eigenvalue weighted by Crippen LogP contribution is 2.57. The Balaban J connectivity index is 2.25. The highest BCUT2D eigenvalue weighted by atomic mass is 16.3. The molecule has 2 nitrogen and oxygen atoms in total. The Hall–Kier alpha value is -1.31. The molecule has 120 valence electrons. The predicted molar refractivity (Wildman–Crippen MR) is 89.4 cm³/mol. The van der Waals surface area contributed by atoms with Crippen molar-refractivity contribution < 1.29 is 9.90 Å². The number of ketones is 1. The summed E-state index contributed by atoms with van der Waals surface area (Å²) >= 11 is 0. The fraction of sp³-hybridized carbons (Fsp3) is 0.650. The molecule has 1 aromatic carbocycles. The second kappa shape index (κ2) is 4.84. The molecule has 1 aromatic rings. The smallest absolute Gasteiger partial charge is 0.141 e. The van der Waals surface area contributed by atoms with Gasteiger partial charge < -0.3 is 5.11 Å². The van der Waals surface area contributed by atoms with E-state index < -0.39 is 0 Å². The van der Waals surface area contributed by atoms with Crippen molar-refractivity contribution in [3.63, 3.8) is 0 Å². The number of carbonyl (C=O) groups excluding carboxylic acids is 1. The van der Waals surface area contributed by atoms with E-state index >= 15 is 0 Å². The molecule has 3 rings (SSSR count). The third-order valence-electron chi connectivity index (χ3n) is 6.14. The number of carbonyl (C=O) groups is 1. The minimum atomic E-state index is -0.0796. The summed E-state index contributed by atoms with van der Waals surface area (Å²) < 4.78 is 0. The van der Waals surface area contributed by atoms with Gasteiger partial charge in [0.2, 0.25) is 0 Å². The predicted octanol–water partition coefficient (Wildman–Crippen LogP) is 4.72. The van der Waals surface area contributed by atoms with Gasteiger partial charge in [-0.05, 0) is 41.4 Å². The van der Waals surface area contributed by atoms with Crippen LogP contribution in [-0.2, 0) is 16.6 Å². The van der Waals surface area contributed by atoms with Crippen molar-refractivity contribution in [2.45, 2.75) is 71.6 Å². The van der Waals surface area contributed by atoms with Gasteiger partial charge in [0.15, 0.2) is 0 Å². The van der Waals surface area contributed by atoms with Crippen molar-refractivity contribution in [3.8, 4) is 5.75 Å². The molecule has 1 N–H and O–H groups in total. The van der Waals surface area contributed by atoms with Crippen LogP contribution in [0.1, 0.15) is 76.5 Å². The van der Waals surface area contributed by atoms with E-state index in [2.05, 4.69) is 40.7 Å². The lowest BCUT2D eigenvalue weighted by atomic mass is 9.49. The molecule has 2 aliphatic carbocycles. The van der Waals surface area contributed by atoms with Crippen LogP contribution in [0.5, 0.6) is 5.75 Å². The number of aromatic hydroxyl groups is 1. The van der Waals surface area contributed by atoms with Crippen LogP contribution < -0.4 is 0 Å². The van der Waals surface area contributed by atoms with E-state index in [4.69, 9.17) is 0 Å². The van der Waals surface area contributed by atoms with Crippen LogP contribution in [0.25, 0.3) is 0 Å². The molecule has 0 radical (unpaired) electrons. The van der Waals surface area contributed by atoms with Gasteiger partial charge in [0.25, 0.3) is 0 Å². The van der Waals surface area contributed by atoms with Crippen molar-refractivity contribution in [1.29, 1.82) is 0 Å². The first-order valence-corrected chi connectivity index (χ1v) is 8.56. The van der Waals surface area contributed by atoms with E-state index in [1.807, 2.05) is 6.07 Å². The lowest BCUT2D eigenvalue weighted by Gasteiger charge is -2.53. The summed E-state index contributed by atoms with van der Waals surface area (Å²) in [7, 11) is 0. The molecule has 2 atom stereocenters. The normalized spacial score (nSPS) is 30.1. The summed E-state index contributed by atoms with van der Waals surface area (Å²) in [6, 6.07) is 3.92. The summed E-state index contributed by atoms with van der Waals surface area (Å²) in [5.74, 6) is 1.05. The first kappa shape index (κ1) is 15.6. The molecule has 2 aliphatic rings. The van der Waals surface area contributed by atoms with Crippen molar-refractivity contribution >= 4 is 5.78 Å². The highest BCUT2D eigenvalue weighted by molar-refractivity contribution is 5.89. The first-order valence-electron chi connectivity index (χ1n) is 8.56. The molecule has 0 aromatic heterocycles. The number of hydrogen-bond acceptors (Lipinski definition) is 2.